The Bertz CT molecular complexity index is 489. The Hall–Kier alpha value is -1.81. The lowest BCUT2D eigenvalue weighted by Crippen LogP contribution is -2.08. The second-order valence-corrected chi connectivity index (χ2v) is 4.16. The van der Waals surface area contributed by atoms with Crippen molar-refractivity contribution in [1.82, 2.24) is 0 Å². The van der Waals surface area contributed by atoms with Crippen LogP contribution in [0.4, 0.5) is 4.79 Å². The number of nitrogens with zero attached hydrogens (tertiary/aromatic N) is 1. The Morgan fingerprint density at radius 2 is 2.00 bits per heavy atom. The van der Waals surface area contributed by atoms with Crippen molar-refractivity contribution in [3.8, 4) is 0 Å². The van der Waals surface area contributed by atoms with Crippen molar-refractivity contribution < 1.29 is 4.79 Å². The molecule has 16 heavy (non-hydrogen) atoms. The van der Waals surface area contributed by atoms with E-state index in [2.05, 4.69) is 4.99 Å². The van der Waals surface area contributed by atoms with E-state index >= 15 is 0 Å². The summed E-state index contributed by atoms with van der Waals surface area (Å²) in [5, 5.41) is -0.253. The van der Waals surface area contributed by atoms with E-state index in [-0.39, 0.29) is 5.24 Å². The number of amides is 1. The summed E-state index contributed by atoms with van der Waals surface area (Å²) in [4.78, 5) is 15.2. The fourth-order valence-corrected chi connectivity index (χ4v) is 1.88. The van der Waals surface area contributed by atoms with Crippen molar-refractivity contribution in [3.63, 3.8) is 0 Å². The molecular weight excluding hydrogens is 220 g/mol. The van der Waals surface area contributed by atoms with E-state index in [0.717, 1.165) is 17.3 Å². The second kappa shape index (κ2) is 4.81. The fourth-order valence-electron chi connectivity index (χ4n) is 1.25. The van der Waals surface area contributed by atoms with Crippen molar-refractivity contribution in [2.45, 2.75) is 0 Å². The molecule has 0 aromatic heterocycles. The normalized spacial score (nSPS) is 18.4. The van der Waals surface area contributed by atoms with E-state index in [9.17, 15) is 4.79 Å². The molecule has 0 saturated heterocycles. The molecule has 2 rings (SSSR count). The molecule has 0 unspecified atom stereocenters. The highest BCUT2D eigenvalue weighted by molar-refractivity contribution is 8.18. The van der Waals surface area contributed by atoms with E-state index in [1.54, 1.807) is 6.08 Å². The quantitative estimate of drug-likeness (QED) is 0.850. The molecule has 2 N–H and O–H groups in total. The number of allylic oxidation sites excluding steroid dienone is 2. The first kappa shape index (κ1) is 10.7. The molecule has 1 aliphatic rings. The van der Waals surface area contributed by atoms with Crippen LogP contribution >= 0.6 is 11.8 Å². The van der Waals surface area contributed by atoms with Gasteiger partial charge in [0.1, 0.15) is 5.84 Å². The zero-order chi connectivity index (χ0) is 11.4. The third-order valence-electron chi connectivity index (χ3n) is 2.00. The van der Waals surface area contributed by atoms with Crippen molar-refractivity contribution in [1.29, 1.82) is 0 Å². The Kier molecular flexibility index (Phi) is 3.22. The largest absolute Gasteiger partial charge is 0.383 e. The molecule has 0 aliphatic carbocycles. The van der Waals surface area contributed by atoms with Crippen LogP contribution in [0.1, 0.15) is 5.56 Å². The molecule has 1 heterocycles. The third kappa shape index (κ3) is 2.61. The van der Waals surface area contributed by atoms with Crippen molar-refractivity contribution >= 4 is 28.9 Å². The summed E-state index contributed by atoms with van der Waals surface area (Å²) in [7, 11) is 0. The van der Waals surface area contributed by atoms with Gasteiger partial charge in [0.25, 0.3) is 0 Å². The zero-order valence-electron chi connectivity index (χ0n) is 8.46. The highest BCUT2D eigenvalue weighted by atomic mass is 32.2. The molecule has 0 spiro atoms. The minimum Gasteiger partial charge on any atom is -0.383 e. The number of hydrogen-bond acceptors (Lipinski definition) is 3. The maximum Gasteiger partial charge on any atom is 0.311 e. The predicted molar refractivity (Wildman–Crippen MR) is 68.2 cm³/mol. The Morgan fingerprint density at radius 3 is 2.62 bits per heavy atom. The highest BCUT2D eigenvalue weighted by Gasteiger charge is 2.17. The van der Waals surface area contributed by atoms with Gasteiger partial charge in [-0.2, -0.15) is 4.99 Å². The minimum atomic E-state index is -0.253. The van der Waals surface area contributed by atoms with Gasteiger partial charge in [0.05, 0.1) is 4.91 Å². The Balaban J connectivity index is 2.08. The molecule has 3 nitrogen and oxygen atoms in total. The van der Waals surface area contributed by atoms with Gasteiger partial charge in [-0.25, -0.2) is 0 Å². The van der Waals surface area contributed by atoms with Gasteiger partial charge in [-0.05, 0) is 23.4 Å². The van der Waals surface area contributed by atoms with Gasteiger partial charge in [-0.15, -0.1) is 0 Å². The number of carbonyl (C=O) groups is 1. The molecule has 0 saturated carbocycles. The van der Waals surface area contributed by atoms with Crippen LogP contribution in [0.25, 0.3) is 6.08 Å². The summed E-state index contributed by atoms with van der Waals surface area (Å²) in [5.41, 5.74) is 6.66. The van der Waals surface area contributed by atoms with Crippen LogP contribution < -0.4 is 5.73 Å². The van der Waals surface area contributed by atoms with Gasteiger partial charge >= 0.3 is 5.24 Å². The lowest BCUT2D eigenvalue weighted by atomic mass is 10.2. The van der Waals surface area contributed by atoms with Gasteiger partial charge in [0.2, 0.25) is 0 Å². The maximum absolute atomic E-state index is 10.9. The summed E-state index contributed by atoms with van der Waals surface area (Å²) < 4.78 is 0. The lowest BCUT2D eigenvalue weighted by molar-refractivity contribution is 0.268. The smallest absolute Gasteiger partial charge is 0.311 e. The molecule has 4 heteroatoms. The van der Waals surface area contributed by atoms with E-state index in [4.69, 9.17) is 5.73 Å². The lowest BCUT2D eigenvalue weighted by Gasteiger charge is -1.91. The van der Waals surface area contributed by atoms with Crippen LogP contribution in [0.2, 0.25) is 0 Å². The number of hydrogen-bond donors (Lipinski definition) is 1. The molecule has 80 valence electrons. The second-order valence-electron chi connectivity index (χ2n) is 3.17. The minimum absolute atomic E-state index is 0.253. The van der Waals surface area contributed by atoms with E-state index < -0.39 is 0 Å². The van der Waals surface area contributed by atoms with E-state index in [1.807, 2.05) is 42.5 Å². The summed E-state index contributed by atoms with van der Waals surface area (Å²) in [6.07, 6.45) is 5.60. The number of thioether (sulfide) groups is 1. The maximum atomic E-state index is 10.9. The van der Waals surface area contributed by atoms with Crippen molar-refractivity contribution in [2.24, 2.45) is 10.7 Å². The van der Waals surface area contributed by atoms with Crippen LogP contribution in [0.15, 0.2) is 52.4 Å². The van der Waals surface area contributed by atoms with E-state index in [1.165, 1.54) is 0 Å². The Labute approximate surface area is 97.8 Å². The fraction of sp³-hybridized carbons (Fsp3) is 0. The monoisotopic (exact) mass is 230 g/mol. The molecular formula is C12H10N2OS. The van der Waals surface area contributed by atoms with Crippen LogP contribution in [0, 0.1) is 0 Å². The SMILES string of the molecule is NC1=NC(=O)S/C1=C\C=C\c1ccccc1. The molecule has 0 fully saturated rings. The van der Waals surface area contributed by atoms with E-state index in [0.29, 0.717) is 10.7 Å². The van der Waals surface area contributed by atoms with Crippen LogP contribution in [0.3, 0.4) is 0 Å². The summed E-state index contributed by atoms with van der Waals surface area (Å²) in [6, 6.07) is 9.90. The topological polar surface area (TPSA) is 55.4 Å². The highest BCUT2D eigenvalue weighted by Crippen LogP contribution is 2.24. The molecule has 0 radical (unpaired) electrons. The first-order valence-corrected chi connectivity index (χ1v) is 5.57. The van der Waals surface area contributed by atoms with Gasteiger partial charge in [0.15, 0.2) is 0 Å². The van der Waals surface area contributed by atoms with Gasteiger partial charge < -0.3 is 5.73 Å². The average Bonchev–Trinajstić information content (AvgIpc) is 2.59. The van der Waals surface area contributed by atoms with Gasteiger partial charge in [-0.1, -0.05) is 42.5 Å². The number of benzene rings is 1. The summed E-state index contributed by atoms with van der Waals surface area (Å²) in [6.45, 7) is 0. The van der Waals surface area contributed by atoms with Crippen molar-refractivity contribution in [2.75, 3.05) is 0 Å². The van der Waals surface area contributed by atoms with Crippen LogP contribution in [-0.4, -0.2) is 11.1 Å². The average molecular weight is 230 g/mol. The summed E-state index contributed by atoms with van der Waals surface area (Å²) >= 11 is 1.05. The first-order chi connectivity index (χ1) is 7.75. The molecule has 0 atom stereocenters. The van der Waals surface area contributed by atoms with Gasteiger partial charge in [0, 0.05) is 0 Å². The number of carbonyl (C=O) groups excluding carboxylic acids is 1. The third-order valence-corrected chi connectivity index (χ3v) is 2.83. The predicted octanol–water partition coefficient (Wildman–Crippen LogP) is 2.81. The standard InChI is InChI=1S/C12H10N2OS/c13-11-10(16-12(15)14-11)8-4-7-9-5-2-1-3-6-9/h1-8H,(H2,13,14,15)/b7-4+,10-8-. The number of amidine groups is 1. The van der Waals surface area contributed by atoms with Crippen LogP contribution in [0.5, 0.6) is 0 Å². The molecule has 1 amide bonds. The number of rotatable bonds is 2. The van der Waals surface area contributed by atoms with Crippen LogP contribution in [-0.2, 0) is 0 Å². The molecule has 0 bridgehead atoms. The van der Waals surface area contributed by atoms with Gasteiger partial charge in [-0.3, -0.25) is 4.79 Å². The Morgan fingerprint density at radius 1 is 1.25 bits per heavy atom. The number of aliphatic imine (C=N–C) groups is 1. The molecule has 1 aliphatic heterocycles. The first-order valence-electron chi connectivity index (χ1n) is 4.75. The zero-order valence-corrected chi connectivity index (χ0v) is 9.28. The van der Waals surface area contributed by atoms with Crippen molar-refractivity contribution in [3.05, 3.63) is 53.0 Å². The molecule has 1 aromatic rings. The summed E-state index contributed by atoms with van der Waals surface area (Å²) in [5.74, 6) is 0.299. The molecule has 1 aromatic carbocycles. The number of nitrogens with two attached hydrogens (primary N) is 1.